The number of nitrogens with one attached hydrogen (secondary N) is 1. The number of methoxy groups -OCH3 is 2. The molecule has 0 saturated heterocycles. The minimum atomic E-state index is -0.235. The second-order valence-corrected chi connectivity index (χ2v) is 6.85. The second-order valence-electron chi connectivity index (χ2n) is 6.00. The van der Waals surface area contributed by atoms with Gasteiger partial charge in [0.1, 0.15) is 0 Å². The largest absolute Gasteiger partial charge is 0.502 e. The molecule has 7 heteroatoms. The van der Waals surface area contributed by atoms with Crippen LogP contribution in [0.5, 0.6) is 17.2 Å². The molecule has 0 atom stereocenters. The lowest BCUT2D eigenvalue weighted by atomic mass is 10.0. The number of nitrogens with zero attached hydrogens (tertiary/aromatic N) is 1. The summed E-state index contributed by atoms with van der Waals surface area (Å²) in [4.78, 5) is 12.3. The van der Waals surface area contributed by atoms with E-state index in [0.717, 1.165) is 20.8 Å². The number of carbonyl (C=O) groups excluding carboxylic acids is 1. The summed E-state index contributed by atoms with van der Waals surface area (Å²) in [5.41, 5.74) is 4.05. The molecule has 0 bridgehead atoms. The van der Waals surface area contributed by atoms with E-state index in [9.17, 15) is 9.90 Å². The van der Waals surface area contributed by atoms with Crippen LogP contribution >= 0.6 is 15.9 Å². The number of phenolic OH excluding ortho intramolecular Hbond substituents is 1. The molecule has 3 aromatic rings. The summed E-state index contributed by atoms with van der Waals surface area (Å²) < 4.78 is 11.2. The predicted molar refractivity (Wildman–Crippen MR) is 112 cm³/mol. The number of halogens is 1. The quantitative estimate of drug-likeness (QED) is 0.446. The zero-order valence-electron chi connectivity index (χ0n) is 15.4. The van der Waals surface area contributed by atoms with Crippen LogP contribution < -0.4 is 14.9 Å². The SMILES string of the molecule is COc1cc(C=NNC(=O)Cc2ccc(Br)c3ccccc23)cc(OC)c1O. The Labute approximate surface area is 170 Å². The Morgan fingerprint density at radius 3 is 2.39 bits per heavy atom. The van der Waals surface area contributed by atoms with Crippen molar-refractivity contribution in [3.8, 4) is 17.2 Å². The van der Waals surface area contributed by atoms with Crippen LogP contribution in [-0.2, 0) is 11.2 Å². The van der Waals surface area contributed by atoms with Crippen molar-refractivity contribution in [2.75, 3.05) is 14.2 Å². The fourth-order valence-corrected chi connectivity index (χ4v) is 3.34. The van der Waals surface area contributed by atoms with E-state index < -0.39 is 0 Å². The third-order valence-corrected chi connectivity index (χ3v) is 4.91. The Bertz CT molecular complexity index is 1020. The van der Waals surface area contributed by atoms with Gasteiger partial charge < -0.3 is 14.6 Å². The lowest BCUT2D eigenvalue weighted by Gasteiger charge is -2.09. The molecule has 0 spiro atoms. The molecule has 0 aliphatic heterocycles. The fourth-order valence-electron chi connectivity index (χ4n) is 2.86. The van der Waals surface area contributed by atoms with E-state index in [-0.39, 0.29) is 29.6 Å². The van der Waals surface area contributed by atoms with E-state index in [1.54, 1.807) is 12.1 Å². The first-order valence-corrected chi connectivity index (χ1v) is 9.25. The summed E-state index contributed by atoms with van der Waals surface area (Å²) in [6, 6.07) is 14.9. The Morgan fingerprint density at radius 2 is 1.75 bits per heavy atom. The van der Waals surface area contributed by atoms with Crippen molar-refractivity contribution >= 4 is 38.8 Å². The summed E-state index contributed by atoms with van der Waals surface area (Å²) in [6.45, 7) is 0. The van der Waals surface area contributed by atoms with E-state index in [2.05, 4.69) is 26.5 Å². The molecular formula is C21H19BrN2O4. The van der Waals surface area contributed by atoms with Gasteiger partial charge in [0.2, 0.25) is 11.7 Å². The summed E-state index contributed by atoms with van der Waals surface area (Å²) in [7, 11) is 2.89. The van der Waals surface area contributed by atoms with Crippen molar-refractivity contribution in [2.24, 2.45) is 5.10 Å². The number of aromatic hydroxyl groups is 1. The maximum Gasteiger partial charge on any atom is 0.244 e. The van der Waals surface area contributed by atoms with Gasteiger partial charge in [0.25, 0.3) is 0 Å². The second kappa shape index (κ2) is 8.75. The Balaban J connectivity index is 1.72. The highest BCUT2D eigenvalue weighted by Gasteiger charge is 2.11. The molecule has 0 aromatic heterocycles. The Morgan fingerprint density at radius 1 is 1.11 bits per heavy atom. The van der Waals surface area contributed by atoms with Crippen LogP contribution in [0, 0.1) is 0 Å². The van der Waals surface area contributed by atoms with Crippen LogP contribution in [0.4, 0.5) is 0 Å². The van der Waals surface area contributed by atoms with Gasteiger partial charge in [-0.15, -0.1) is 0 Å². The van der Waals surface area contributed by atoms with Gasteiger partial charge in [-0.05, 0) is 34.5 Å². The van der Waals surface area contributed by atoms with Crippen LogP contribution in [0.1, 0.15) is 11.1 Å². The van der Waals surface area contributed by atoms with Crippen molar-refractivity contribution in [1.82, 2.24) is 5.43 Å². The van der Waals surface area contributed by atoms with Crippen molar-refractivity contribution < 1.29 is 19.4 Å². The van der Waals surface area contributed by atoms with Gasteiger partial charge in [0.15, 0.2) is 11.5 Å². The molecule has 1 amide bonds. The first-order valence-electron chi connectivity index (χ1n) is 8.46. The molecule has 2 N–H and O–H groups in total. The molecule has 0 unspecified atom stereocenters. The van der Waals surface area contributed by atoms with Crippen molar-refractivity contribution in [2.45, 2.75) is 6.42 Å². The molecule has 0 aliphatic carbocycles. The molecule has 6 nitrogen and oxygen atoms in total. The highest BCUT2D eigenvalue weighted by molar-refractivity contribution is 9.10. The molecule has 0 saturated carbocycles. The molecule has 0 aliphatic rings. The molecule has 0 radical (unpaired) electrons. The summed E-state index contributed by atoms with van der Waals surface area (Å²) in [5, 5.41) is 16.0. The van der Waals surface area contributed by atoms with Crippen LogP contribution in [0.15, 0.2) is 58.1 Å². The molecule has 28 heavy (non-hydrogen) atoms. The molecular weight excluding hydrogens is 424 g/mol. The van der Waals surface area contributed by atoms with E-state index in [1.165, 1.54) is 20.4 Å². The van der Waals surface area contributed by atoms with E-state index in [4.69, 9.17) is 9.47 Å². The minimum Gasteiger partial charge on any atom is -0.502 e. The number of ether oxygens (including phenoxy) is 2. The van der Waals surface area contributed by atoms with E-state index >= 15 is 0 Å². The smallest absolute Gasteiger partial charge is 0.244 e. The zero-order chi connectivity index (χ0) is 20.1. The number of hydrazone groups is 1. The van der Waals surface area contributed by atoms with Crippen LogP contribution in [-0.4, -0.2) is 31.4 Å². The van der Waals surface area contributed by atoms with Crippen molar-refractivity contribution in [3.63, 3.8) is 0 Å². The van der Waals surface area contributed by atoms with Gasteiger partial charge in [-0.1, -0.05) is 46.3 Å². The number of hydrogen-bond donors (Lipinski definition) is 2. The van der Waals surface area contributed by atoms with Crippen molar-refractivity contribution in [1.29, 1.82) is 0 Å². The number of hydrogen-bond acceptors (Lipinski definition) is 5. The van der Waals surface area contributed by atoms with Crippen molar-refractivity contribution in [3.05, 3.63) is 64.1 Å². The number of fused-ring (bicyclic) bond motifs is 1. The van der Waals surface area contributed by atoms with Crippen LogP contribution in [0.25, 0.3) is 10.8 Å². The van der Waals surface area contributed by atoms with Gasteiger partial charge in [0, 0.05) is 10.0 Å². The molecule has 0 heterocycles. The average Bonchev–Trinajstić information content (AvgIpc) is 2.71. The first kappa shape index (κ1) is 19.7. The summed E-state index contributed by atoms with van der Waals surface area (Å²) in [5.74, 6) is 0.191. The van der Waals surface area contributed by atoms with E-state index in [0.29, 0.717) is 5.56 Å². The first-order chi connectivity index (χ1) is 13.5. The number of rotatable bonds is 6. The number of phenols is 1. The molecule has 144 valence electrons. The lowest BCUT2D eigenvalue weighted by Crippen LogP contribution is -2.19. The van der Waals surface area contributed by atoms with Gasteiger partial charge >= 0.3 is 0 Å². The zero-order valence-corrected chi connectivity index (χ0v) is 17.0. The minimum absolute atomic E-state index is 0.0895. The topological polar surface area (TPSA) is 80.2 Å². The third-order valence-electron chi connectivity index (χ3n) is 4.22. The Kier molecular flexibility index (Phi) is 6.16. The molecule has 3 rings (SSSR count). The van der Waals surface area contributed by atoms with Crippen LogP contribution in [0.3, 0.4) is 0 Å². The highest BCUT2D eigenvalue weighted by Crippen LogP contribution is 2.36. The number of benzene rings is 3. The van der Waals surface area contributed by atoms with E-state index in [1.807, 2.05) is 36.4 Å². The number of amides is 1. The van der Waals surface area contributed by atoms with Crippen LogP contribution in [0.2, 0.25) is 0 Å². The third kappa shape index (κ3) is 4.26. The maximum atomic E-state index is 12.3. The summed E-state index contributed by atoms with van der Waals surface area (Å²) in [6.07, 6.45) is 1.66. The fraction of sp³-hybridized carbons (Fsp3) is 0.143. The maximum absolute atomic E-state index is 12.3. The molecule has 0 fully saturated rings. The standard InChI is InChI=1S/C21H19BrN2O4/c1-27-18-9-13(10-19(28-2)21(18)26)12-23-24-20(25)11-14-7-8-17(22)16-6-4-3-5-15(14)16/h3-10,12,26H,11H2,1-2H3,(H,24,25). The lowest BCUT2D eigenvalue weighted by molar-refractivity contribution is -0.120. The highest BCUT2D eigenvalue weighted by atomic mass is 79.9. The normalized spacial score (nSPS) is 11.0. The summed E-state index contributed by atoms with van der Waals surface area (Å²) >= 11 is 3.53. The Hall–Kier alpha value is -3.06. The van der Waals surface area contributed by atoms with Gasteiger partial charge in [-0.3, -0.25) is 4.79 Å². The van der Waals surface area contributed by atoms with Gasteiger partial charge in [0.05, 0.1) is 26.9 Å². The van der Waals surface area contributed by atoms with Gasteiger partial charge in [-0.25, -0.2) is 5.43 Å². The predicted octanol–water partition coefficient (Wildman–Crippen LogP) is 4.02. The average molecular weight is 443 g/mol. The monoisotopic (exact) mass is 442 g/mol. The van der Waals surface area contributed by atoms with Gasteiger partial charge in [-0.2, -0.15) is 5.10 Å². The number of carbonyl (C=O) groups is 1. The molecule has 3 aromatic carbocycles.